The highest BCUT2D eigenvalue weighted by molar-refractivity contribution is 6.31. The molecular formula is C18H18ClNO2. The Labute approximate surface area is 135 Å². The fourth-order valence-corrected chi connectivity index (χ4v) is 2.84. The molecule has 1 aliphatic rings. The minimum atomic E-state index is -0.0141. The standard InChI is InChI=1S/C18H18ClNO2/c1-13-11-15(8-9-16(13)19)22-12-18(21)20-10-4-6-14-5-2-3-7-17(14)20/h2-3,5,7-9,11H,4,6,10,12H2,1H3. The Bertz CT molecular complexity index is 699. The summed E-state index contributed by atoms with van der Waals surface area (Å²) >= 11 is 5.99. The number of hydrogen-bond acceptors (Lipinski definition) is 2. The van der Waals surface area contributed by atoms with E-state index < -0.39 is 0 Å². The molecule has 22 heavy (non-hydrogen) atoms. The molecule has 3 rings (SSSR count). The van der Waals surface area contributed by atoms with Crippen molar-refractivity contribution in [3.63, 3.8) is 0 Å². The van der Waals surface area contributed by atoms with Gasteiger partial charge in [0.05, 0.1) is 0 Å². The van der Waals surface area contributed by atoms with Gasteiger partial charge in [-0.3, -0.25) is 4.79 Å². The molecule has 0 aromatic heterocycles. The second-order valence-corrected chi connectivity index (χ2v) is 5.88. The van der Waals surface area contributed by atoms with Crippen molar-refractivity contribution in [3.05, 3.63) is 58.6 Å². The molecule has 1 amide bonds. The fraction of sp³-hybridized carbons (Fsp3) is 0.278. The number of fused-ring (bicyclic) bond motifs is 1. The highest BCUT2D eigenvalue weighted by atomic mass is 35.5. The molecule has 2 aromatic rings. The zero-order valence-electron chi connectivity index (χ0n) is 12.5. The molecule has 1 aliphatic heterocycles. The molecule has 0 N–H and O–H groups in total. The van der Waals surface area contributed by atoms with Crippen LogP contribution in [0, 0.1) is 6.92 Å². The topological polar surface area (TPSA) is 29.5 Å². The Kier molecular flexibility index (Phi) is 4.34. The van der Waals surface area contributed by atoms with Crippen LogP contribution in [0.5, 0.6) is 5.75 Å². The maximum absolute atomic E-state index is 12.5. The lowest BCUT2D eigenvalue weighted by Crippen LogP contribution is -2.38. The van der Waals surface area contributed by atoms with Crippen molar-refractivity contribution in [1.82, 2.24) is 0 Å². The normalized spacial score (nSPS) is 13.6. The van der Waals surface area contributed by atoms with Crippen molar-refractivity contribution >= 4 is 23.2 Å². The Morgan fingerprint density at radius 3 is 2.91 bits per heavy atom. The average molecular weight is 316 g/mol. The number of amides is 1. The third kappa shape index (κ3) is 3.09. The van der Waals surface area contributed by atoms with Crippen molar-refractivity contribution in [2.45, 2.75) is 19.8 Å². The number of benzene rings is 2. The smallest absolute Gasteiger partial charge is 0.264 e. The Morgan fingerprint density at radius 2 is 2.09 bits per heavy atom. The number of para-hydroxylation sites is 1. The molecule has 0 bridgehead atoms. The number of rotatable bonds is 3. The zero-order chi connectivity index (χ0) is 15.5. The molecule has 0 saturated heterocycles. The molecule has 114 valence electrons. The number of halogens is 1. The largest absolute Gasteiger partial charge is 0.484 e. The van der Waals surface area contributed by atoms with Crippen LogP contribution in [-0.2, 0) is 11.2 Å². The second-order valence-electron chi connectivity index (χ2n) is 5.48. The van der Waals surface area contributed by atoms with E-state index in [4.69, 9.17) is 16.3 Å². The summed E-state index contributed by atoms with van der Waals surface area (Å²) < 4.78 is 5.62. The van der Waals surface area contributed by atoms with Crippen LogP contribution in [0.25, 0.3) is 0 Å². The quantitative estimate of drug-likeness (QED) is 0.856. The van der Waals surface area contributed by atoms with Crippen molar-refractivity contribution in [2.75, 3.05) is 18.1 Å². The van der Waals surface area contributed by atoms with E-state index in [9.17, 15) is 4.79 Å². The van der Waals surface area contributed by atoms with E-state index in [0.29, 0.717) is 10.8 Å². The molecule has 0 spiro atoms. The zero-order valence-corrected chi connectivity index (χ0v) is 13.3. The summed E-state index contributed by atoms with van der Waals surface area (Å²) in [5.41, 5.74) is 3.18. The second kappa shape index (κ2) is 6.41. The molecule has 2 aromatic carbocycles. The monoisotopic (exact) mass is 315 g/mol. The van der Waals surface area contributed by atoms with Crippen LogP contribution in [-0.4, -0.2) is 19.1 Å². The summed E-state index contributed by atoms with van der Waals surface area (Å²) in [7, 11) is 0. The number of nitrogens with zero attached hydrogens (tertiary/aromatic N) is 1. The predicted octanol–water partition coefficient (Wildman–Crippen LogP) is 4.01. The number of ether oxygens (including phenoxy) is 1. The molecular weight excluding hydrogens is 298 g/mol. The maximum Gasteiger partial charge on any atom is 0.264 e. The highest BCUT2D eigenvalue weighted by Gasteiger charge is 2.22. The highest BCUT2D eigenvalue weighted by Crippen LogP contribution is 2.27. The number of anilines is 1. The molecule has 0 saturated carbocycles. The van der Waals surface area contributed by atoms with Gasteiger partial charge in [0.1, 0.15) is 5.75 Å². The van der Waals surface area contributed by atoms with Gasteiger partial charge in [-0.2, -0.15) is 0 Å². The molecule has 4 heteroatoms. The summed E-state index contributed by atoms with van der Waals surface area (Å²) in [5, 5.41) is 0.698. The van der Waals surface area contributed by atoms with E-state index in [1.165, 1.54) is 5.56 Å². The molecule has 0 radical (unpaired) electrons. The van der Waals surface area contributed by atoms with Crippen molar-refractivity contribution in [2.24, 2.45) is 0 Å². The van der Waals surface area contributed by atoms with Crippen LogP contribution in [0.1, 0.15) is 17.5 Å². The summed E-state index contributed by atoms with van der Waals surface area (Å²) in [5.74, 6) is 0.653. The first-order chi connectivity index (χ1) is 10.6. The van der Waals surface area contributed by atoms with E-state index in [1.54, 1.807) is 12.1 Å². The van der Waals surface area contributed by atoms with Gasteiger partial charge in [-0.25, -0.2) is 0 Å². The van der Waals surface area contributed by atoms with Gasteiger partial charge >= 0.3 is 0 Å². The molecule has 0 fully saturated rings. The van der Waals surface area contributed by atoms with Gasteiger partial charge in [-0.1, -0.05) is 29.8 Å². The minimum Gasteiger partial charge on any atom is -0.484 e. The third-order valence-electron chi connectivity index (χ3n) is 3.90. The molecule has 0 unspecified atom stereocenters. The predicted molar refractivity (Wildman–Crippen MR) is 88.8 cm³/mol. The third-order valence-corrected chi connectivity index (χ3v) is 4.33. The molecule has 0 aliphatic carbocycles. The maximum atomic E-state index is 12.5. The first-order valence-corrected chi connectivity index (χ1v) is 7.80. The van der Waals surface area contributed by atoms with E-state index in [2.05, 4.69) is 6.07 Å². The van der Waals surface area contributed by atoms with Crippen molar-refractivity contribution in [1.29, 1.82) is 0 Å². The van der Waals surface area contributed by atoms with Crippen LogP contribution < -0.4 is 9.64 Å². The van der Waals surface area contributed by atoms with Crippen LogP contribution in [0.3, 0.4) is 0 Å². The molecule has 0 atom stereocenters. The van der Waals surface area contributed by atoms with Crippen molar-refractivity contribution in [3.8, 4) is 5.75 Å². The van der Waals surface area contributed by atoms with Gasteiger partial charge in [0.15, 0.2) is 6.61 Å². The van der Waals surface area contributed by atoms with Gasteiger partial charge in [0.25, 0.3) is 5.91 Å². The first-order valence-electron chi connectivity index (χ1n) is 7.42. The number of carbonyl (C=O) groups is 1. The lowest BCUT2D eigenvalue weighted by atomic mass is 10.0. The van der Waals surface area contributed by atoms with Crippen LogP contribution in [0.4, 0.5) is 5.69 Å². The van der Waals surface area contributed by atoms with E-state index in [-0.39, 0.29) is 12.5 Å². The van der Waals surface area contributed by atoms with E-state index >= 15 is 0 Å². The average Bonchev–Trinajstić information content (AvgIpc) is 2.55. The van der Waals surface area contributed by atoms with Crippen LogP contribution in [0.15, 0.2) is 42.5 Å². The first kappa shape index (κ1) is 14.9. The lowest BCUT2D eigenvalue weighted by molar-refractivity contribution is -0.120. The Hall–Kier alpha value is -2.00. The Morgan fingerprint density at radius 1 is 1.27 bits per heavy atom. The van der Waals surface area contributed by atoms with Gasteiger partial charge in [0.2, 0.25) is 0 Å². The van der Waals surface area contributed by atoms with Gasteiger partial charge in [-0.05, 0) is 55.2 Å². The number of aryl methyl sites for hydroxylation is 2. The van der Waals surface area contributed by atoms with E-state index in [1.807, 2.05) is 36.1 Å². The van der Waals surface area contributed by atoms with Crippen molar-refractivity contribution < 1.29 is 9.53 Å². The summed E-state index contributed by atoms with van der Waals surface area (Å²) in [4.78, 5) is 14.3. The SMILES string of the molecule is Cc1cc(OCC(=O)N2CCCc3ccccc32)ccc1Cl. The van der Waals surface area contributed by atoms with Gasteiger partial charge in [0, 0.05) is 17.3 Å². The number of carbonyl (C=O) groups excluding carboxylic acids is 1. The number of hydrogen-bond donors (Lipinski definition) is 0. The van der Waals surface area contributed by atoms with Gasteiger partial charge < -0.3 is 9.64 Å². The van der Waals surface area contributed by atoms with Gasteiger partial charge in [-0.15, -0.1) is 0 Å². The van der Waals surface area contributed by atoms with Crippen LogP contribution in [0.2, 0.25) is 5.02 Å². The Balaban J connectivity index is 1.69. The fourth-order valence-electron chi connectivity index (χ4n) is 2.72. The minimum absolute atomic E-state index is 0.0141. The summed E-state index contributed by atoms with van der Waals surface area (Å²) in [6.07, 6.45) is 2.01. The summed E-state index contributed by atoms with van der Waals surface area (Å²) in [6, 6.07) is 13.5. The summed E-state index contributed by atoms with van der Waals surface area (Å²) in [6.45, 7) is 2.70. The van der Waals surface area contributed by atoms with Crippen LogP contribution >= 0.6 is 11.6 Å². The molecule has 3 nitrogen and oxygen atoms in total. The van der Waals surface area contributed by atoms with E-state index in [0.717, 1.165) is 30.6 Å². The molecule has 1 heterocycles. The lowest BCUT2D eigenvalue weighted by Gasteiger charge is -2.29.